The van der Waals surface area contributed by atoms with Crippen LogP contribution in [-0.4, -0.2) is 27.9 Å². The second-order valence-corrected chi connectivity index (χ2v) is 8.65. The Kier molecular flexibility index (Phi) is 6.42. The van der Waals surface area contributed by atoms with Crippen LogP contribution in [0, 0.1) is 11.6 Å². The van der Waals surface area contributed by atoms with Crippen molar-refractivity contribution in [3.05, 3.63) is 71.9 Å². The Labute approximate surface area is 186 Å². The van der Waals surface area contributed by atoms with E-state index in [2.05, 4.69) is 24.5 Å². The maximum atomic E-state index is 13.6. The number of carbonyl (C=O) groups excluding carboxylic acids is 1. The molecule has 6 heteroatoms. The zero-order valence-corrected chi connectivity index (χ0v) is 18.2. The molecule has 1 fully saturated rings. The van der Waals surface area contributed by atoms with Crippen LogP contribution in [0.1, 0.15) is 44.7 Å². The molecule has 4 nitrogen and oxygen atoms in total. The van der Waals surface area contributed by atoms with Crippen LogP contribution in [-0.2, 0) is 16.1 Å². The van der Waals surface area contributed by atoms with Crippen molar-refractivity contribution < 1.29 is 23.4 Å². The third-order valence-corrected chi connectivity index (χ3v) is 5.90. The molecule has 0 unspecified atom stereocenters. The van der Waals surface area contributed by atoms with Gasteiger partial charge in [-0.25, -0.2) is 8.78 Å². The molecule has 1 saturated heterocycles. The van der Waals surface area contributed by atoms with E-state index in [9.17, 15) is 18.7 Å². The second-order valence-electron chi connectivity index (χ2n) is 8.65. The van der Waals surface area contributed by atoms with Gasteiger partial charge in [-0.05, 0) is 59.5 Å². The predicted molar refractivity (Wildman–Crippen MR) is 119 cm³/mol. The number of benzene rings is 2. The van der Waals surface area contributed by atoms with Crippen LogP contribution < -0.4 is 0 Å². The van der Waals surface area contributed by atoms with Gasteiger partial charge in [0, 0.05) is 30.6 Å². The number of rotatable bonds is 6. The molecule has 32 heavy (non-hydrogen) atoms. The van der Waals surface area contributed by atoms with Crippen molar-refractivity contribution in [1.29, 1.82) is 0 Å². The van der Waals surface area contributed by atoms with Crippen molar-refractivity contribution in [2.45, 2.75) is 57.8 Å². The number of hydrogen-bond acceptors (Lipinski definition) is 3. The number of esters is 1. The molecular weight excluding hydrogens is 412 g/mol. The van der Waals surface area contributed by atoms with E-state index in [1.165, 1.54) is 24.3 Å². The molecule has 0 saturated carbocycles. The molecule has 2 heterocycles. The lowest BCUT2D eigenvalue weighted by Crippen LogP contribution is -2.33. The summed E-state index contributed by atoms with van der Waals surface area (Å²) < 4.78 is 34.8. The summed E-state index contributed by atoms with van der Waals surface area (Å²) in [7, 11) is 0. The fourth-order valence-corrected chi connectivity index (χ4v) is 4.37. The maximum Gasteiger partial charge on any atom is 0.308 e. The first-order valence-corrected chi connectivity index (χ1v) is 10.9. The normalized spacial score (nSPS) is 18.8. The summed E-state index contributed by atoms with van der Waals surface area (Å²) in [5.74, 6) is -0.806. The largest absolute Gasteiger partial charge is 0.462 e. The van der Waals surface area contributed by atoms with Crippen LogP contribution in [0.25, 0.3) is 22.4 Å². The third kappa shape index (κ3) is 4.75. The molecule has 3 aromatic rings. The Morgan fingerprint density at radius 3 is 2.19 bits per heavy atom. The summed E-state index contributed by atoms with van der Waals surface area (Å²) in [5, 5.41) is 9.95. The molecule has 0 radical (unpaired) electrons. The van der Waals surface area contributed by atoms with Crippen LogP contribution in [0.4, 0.5) is 8.78 Å². The first-order chi connectivity index (χ1) is 15.3. The number of halogens is 2. The summed E-state index contributed by atoms with van der Waals surface area (Å²) in [6, 6.07) is 14.8. The third-order valence-electron chi connectivity index (χ3n) is 5.90. The fraction of sp³-hybridized carbons (Fsp3) is 0.346. The number of carbonyl (C=O) groups is 1. The minimum absolute atomic E-state index is 0.0345. The van der Waals surface area contributed by atoms with Crippen molar-refractivity contribution >= 4 is 5.97 Å². The summed E-state index contributed by atoms with van der Waals surface area (Å²) in [5.41, 5.74) is 4.62. The van der Waals surface area contributed by atoms with Gasteiger partial charge in [0.2, 0.25) is 0 Å². The highest BCUT2D eigenvalue weighted by atomic mass is 19.1. The molecule has 1 N–H and O–H groups in total. The number of cyclic esters (lactones) is 1. The van der Waals surface area contributed by atoms with Gasteiger partial charge in [0.1, 0.15) is 17.7 Å². The minimum Gasteiger partial charge on any atom is -0.462 e. The molecule has 1 aliphatic heterocycles. The Morgan fingerprint density at radius 1 is 1.03 bits per heavy atom. The first kappa shape index (κ1) is 22.2. The van der Waals surface area contributed by atoms with Crippen LogP contribution in [0.3, 0.4) is 0 Å². The van der Waals surface area contributed by atoms with Gasteiger partial charge in [0.15, 0.2) is 0 Å². The topological polar surface area (TPSA) is 51.5 Å². The van der Waals surface area contributed by atoms with Gasteiger partial charge in [-0.3, -0.25) is 4.79 Å². The molecule has 0 aliphatic carbocycles. The lowest BCUT2D eigenvalue weighted by molar-refractivity contribution is -0.160. The molecule has 0 spiro atoms. The van der Waals surface area contributed by atoms with Crippen LogP contribution in [0.5, 0.6) is 0 Å². The fourth-order valence-electron chi connectivity index (χ4n) is 4.37. The molecule has 0 amide bonds. The highest BCUT2D eigenvalue weighted by Crippen LogP contribution is 2.38. The molecule has 4 rings (SSSR count). The second kappa shape index (κ2) is 9.25. The first-order valence-electron chi connectivity index (χ1n) is 10.9. The smallest absolute Gasteiger partial charge is 0.308 e. The number of nitrogens with zero attached hydrogens (tertiary/aromatic N) is 1. The van der Waals surface area contributed by atoms with E-state index in [1.54, 1.807) is 24.3 Å². The van der Waals surface area contributed by atoms with E-state index in [0.29, 0.717) is 19.4 Å². The lowest BCUT2D eigenvalue weighted by Gasteiger charge is -2.27. The molecule has 2 atom stereocenters. The molecule has 1 aliphatic rings. The monoisotopic (exact) mass is 439 g/mol. The number of ether oxygens (including phenoxy) is 1. The van der Waals surface area contributed by atoms with Gasteiger partial charge in [-0.1, -0.05) is 26.0 Å². The Hall–Kier alpha value is -2.99. The summed E-state index contributed by atoms with van der Waals surface area (Å²) in [6.07, 6.45) is -0.0345. The zero-order valence-electron chi connectivity index (χ0n) is 18.2. The quantitative estimate of drug-likeness (QED) is 0.503. The highest BCUT2D eigenvalue weighted by Gasteiger charge is 2.28. The SMILES string of the molecule is CC(C)c1cc(-c2ccc(F)cc2)c(-c2ccc(F)cc2)n1CC[C@@H]1C[C@@H](O)CC(=O)O1. The van der Waals surface area contributed by atoms with E-state index in [0.717, 1.165) is 28.1 Å². The van der Waals surface area contributed by atoms with Crippen molar-refractivity contribution in [2.24, 2.45) is 0 Å². The van der Waals surface area contributed by atoms with E-state index < -0.39 is 6.10 Å². The average molecular weight is 440 g/mol. The van der Waals surface area contributed by atoms with Gasteiger partial charge in [-0.2, -0.15) is 0 Å². The molecule has 0 bridgehead atoms. The molecule has 2 aromatic carbocycles. The van der Waals surface area contributed by atoms with Crippen molar-refractivity contribution in [1.82, 2.24) is 4.57 Å². The number of hydrogen-bond donors (Lipinski definition) is 1. The summed E-state index contributed by atoms with van der Waals surface area (Å²) in [6.45, 7) is 4.75. The standard InChI is InChI=1S/C26H27F2NO3/c1-16(2)24-15-23(17-3-7-19(27)8-4-17)26(18-5-9-20(28)10-6-18)29(24)12-11-22-13-21(30)14-25(31)32-22/h3-10,15-16,21-22,30H,11-14H2,1-2H3/t21-,22-/m1/s1. The molecule has 168 valence electrons. The molecular formula is C26H27F2NO3. The van der Waals surface area contributed by atoms with Gasteiger partial charge in [0.25, 0.3) is 0 Å². The van der Waals surface area contributed by atoms with Gasteiger partial charge in [-0.15, -0.1) is 0 Å². The Bertz CT molecular complexity index is 1090. The van der Waals surface area contributed by atoms with E-state index >= 15 is 0 Å². The van der Waals surface area contributed by atoms with Gasteiger partial charge in [0.05, 0.1) is 18.2 Å². The Balaban J connectivity index is 1.78. The average Bonchev–Trinajstić information content (AvgIpc) is 3.12. The van der Waals surface area contributed by atoms with Gasteiger partial charge < -0.3 is 14.4 Å². The van der Waals surface area contributed by atoms with Crippen LogP contribution in [0.2, 0.25) is 0 Å². The lowest BCUT2D eigenvalue weighted by atomic mass is 10.0. The summed E-state index contributed by atoms with van der Waals surface area (Å²) in [4.78, 5) is 11.8. The highest BCUT2D eigenvalue weighted by molar-refractivity contribution is 5.83. The predicted octanol–water partition coefficient (Wildman–Crippen LogP) is 5.68. The van der Waals surface area contributed by atoms with E-state index in [4.69, 9.17) is 4.74 Å². The van der Waals surface area contributed by atoms with Crippen molar-refractivity contribution in [3.63, 3.8) is 0 Å². The number of aliphatic hydroxyl groups excluding tert-OH is 1. The van der Waals surface area contributed by atoms with Crippen LogP contribution in [0.15, 0.2) is 54.6 Å². The van der Waals surface area contributed by atoms with Gasteiger partial charge >= 0.3 is 5.97 Å². The van der Waals surface area contributed by atoms with E-state index in [-0.39, 0.29) is 36.0 Å². The zero-order chi connectivity index (χ0) is 22.8. The van der Waals surface area contributed by atoms with Crippen molar-refractivity contribution in [2.75, 3.05) is 0 Å². The van der Waals surface area contributed by atoms with Crippen LogP contribution >= 0.6 is 0 Å². The summed E-state index contributed by atoms with van der Waals surface area (Å²) >= 11 is 0. The number of aliphatic hydroxyl groups is 1. The Morgan fingerprint density at radius 2 is 1.62 bits per heavy atom. The van der Waals surface area contributed by atoms with E-state index in [1.807, 2.05) is 0 Å². The molecule has 1 aromatic heterocycles. The van der Waals surface area contributed by atoms with Crippen molar-refractivity contribution in [3.8, 4) is 22.4 Å². The minimum atomic E-state index is -0.679. The number of aromatic nitrogens is 1. The maximum absolute atomic E-state index is 13.6.